The van der Waals surface area contributed by atoms with Gasteiger partial charge in [0.1, 0.15) is 5.82 Å². The fraction of sp³-hybridized carbons (Fsp3) is 0.200. The summed E-state index contributed by atoms with van der Waals surface area (Å²) in [5.41, 5.74) is 1.03. The Labute approximate surface area is 82.2 Å². The number of rotatable bonds is 4. The number of halogens is 2. The number of hydrogen-bond donors (Lipinski definition) is 1. The van der Waals surface area contributed by atoms with E-state index in [2.05, 4.69) is 11.9 Å². The molecule has 0 heterocycles. The SMILES string of the molecule is C=C(Cl)CNCc1ccc(F)cc1. The molecule has 1 nitrogen and oxygen atoms in total. The summed E-state index contributed by atoms with van der Waals surface area (Å²) < 4.78 is 12.5. The molecular formula is C10H11ClFN. The van der Waals surface area contributed by atoms with Crippen LogP contribution in [0.5, 0.6) is 0 Å². The normalized spacial score (nSPS) is 10.0. The number of benzene rings is 1. The van der Waals surface area contributed by atoms with Crippen LogP contribution in [0.3, 0.4) is 0 Å². The van der Waals surface area contributed by atoms with Gasteiger partial charge < -0.3 is 5.32 Å². The van der Waals surface area contributed by atoms with E-state index in [-0.39, 0.29) is 5.82 Å². The van der Waals surface area contributed by atoms with Crippen molar-refractivity contribution in [3.05, 3.63) is 47.3 Å². The second-order valence-corrected chi connectivity index (χ2v) is 3.28. The molecule has 13 heavy (non-hydrogen) atoms. The van der Waals surface area contributed by atoms with E-state index < -0.39 is 0 Å². The predicted octanol–water partition coefficient (Wildman–Crippen LogP) is 2.67. The van der Waals surface area contributed by atoms with Crippen LogP contribution in [0, 0.1) is 5.82 Å². The first-order chi connectivity index (χ1) is 6.18. The Morgan fingerprint density at radius 1 is 1.38 bits per heavy atom. The zero-order valence-electron chi connectivity index (χ0n) is 7.19. The van der Waals surface area contributed by atoms with Gasteiger partial charge in [0.25, 0.3) is 0 Å². The molecule has 0 spiro atoms. The second-order valence-electron chi connectivity index (χ2n) is 2.75. The quantitative estimate of drug-likeness (QED) is 0.786. The van der Waals surface area contributed by atoms with Crippen LogP contribution in [0.15, 0.2) is 35.9 Å². The standard InChI is InChI=1S/C10H11ClFN/c1-8(11)6-13-7-9-2-4-10(12)5-3-9/h2-5,13H,1,6-7H2. The van der Waals surface area contributed by atoms with Crippen molar-refractivity contribution in [2.75, 3.05) is 6.54 Å². The van der Waals surface area contributed by atoms with E-state index in [4.69, 9.17) is 11.6 Å². The van der Waals surface area contributed by atoms with E-state index in [9.17, 15) is 4.39 Å². The molecule has 1 aromatic carbocycles. The Hall–Kier alpha value is -0.860. The van der Waals surface area contributed by atoms with Crippen LogP contribution in [0.2, 0.25) is 0 Å². The van der Waals surface area contributed by atoms with Crippen molar-refractivity contribution >= 4 is 11.6 Å². The van der Waals surface area contributed by atoms with Crippen molar-refractivity contribution in [3.8, 4) is 0 Å². The third-order valence-electron chi connectivity index (χ3n) is 1.56. The van der Waals surface area contributed by atoms with E-state index in [1.807, 2.05) is 0 Å². The lowest BCUT2D eigenvalue weighted by molar-refractivity contribution is 0.626. The molecule has 0 aromatic heterocycles. The molecule has 0 fully saturated rings. The molecule has 0 aliphatic heterocycles. The summed E-state index contributed by atoms with van der Waals surface area (Å²) in [5, 5.41) is 3.64. The maximum atomic E-state index is 12.5. The minimum atomic E-state index is -0.217. The fourth-order valence-corrected chi connectivity index (χ4v) is 1.04. The maximum Gasteiger partial charge on any atom is 0.123 e. The molecule has 0 saturated heterocycles. The largest absolute Gasteiger partial charge is 0.308 e. The van der Waals surface area contributed by atoms with Gasteiger partial charge >= 0.3 is 0 Å². The highest BCUT2D eigenvalue weighted by Gasteiger charge is 1.93. The molecule has 0 bridgehead atoms. The van der Waals surface area contributed by atoms with Gasteiger partial charge in [-0.1, -0.05) is 30.3 Å². The summed E-state index contributed by atoms with van der Waals surface area (Å²) >= 11 is 5.55. The zero-order chi connectivity index (χ0) is 9.68. The van der Waals surface area contributed by atoms with Crippen molar-refractivity contribution in [1.29, 1.82) is 0 Å². The van der Waals surface area contributed by atoms with Crippen LogP contribution in [0.25, 0.3) is 0 Å². The van der Waals surface area contributed by atoms with Gasteiger partial charge in [-0.3, -0.25) is 0 Å². The molecule has 1 rings (SSSR count). The molecular weight excluding hydrogens is 189 g/mol. The Morgan fingerprint density at radius 2 is 2.00 bits per heavy atom. The molecule has 0 radical (unpaired) electrons. The molecule has 1 N–H and O–H groups in total. The van der Waals surface area contributed by atoms with Crippen molar-refractivity contribution in [1.82, 2.24) is 5.32 Å². The van der Waals surface area contributed by atoms with Crippen molar-refractivity contribution < 1.29 is 4.39 Å². The van der Waals surface area contributed by atoms with Crippen LogP contribution in [-0.4, -0.2) is 6.54 Å². The Bertz CT molecular complexity index is 281. The summed E-state index contributed by atoms with van der Waals surface area (Å²) in [5.74, 6) is -0.217. The second kappa shape index (κ2) is 5.00. The van der Waals surface area contributed by atoms with Crippen LogP contribution in [0.4, 0.5) is 4.39 Å². The summed E-state index contributed by atoms with van der Waals surface area (Å²) in [4.78, 5) is 0. The third kappa shape index (κ3) is 4.06. The van der Waals surface area contributed by atoms with Gasteiger partial charge in [-0.05, 0) is 17.7 Å². The lowest BCUT2D eigenvalue weighted by atomic mass is 10.2. The molecule has 0 aliphatic carbocycles. The highest BCUT2D eigenvalue weighted by molar-refractivity contribution is 6.29. The van der Waals surface area contributed by atoms with E-state index in [0.717, 1.165) is 5.56 Å². The lowest BCUT2D eigenvalue weighted by Gasteiger charge is -2.02. The summed E-state index contributed by atoms with van der Waals surface area (Å²) in [6.07, 6.45) is 0. The van der Waals surface area contributed by atoms with Crippen molar-refractivity contribution in [3.63, 3.8) is 0 Å². The molecule has 70 valence electrons. The fourth-order valence-electron chi connectivity index (χ4n) is 0.945. The molecule has 1 aromatic rings. The van der Waals surface area contributed by atoms with Crippen molar-refractivity contribution in [2.24, 2.45) is 0 Å². The van der Waals surface area contributed by atoms with Crippen LogP contribution >= 0.6 is 11.6 Å². The first-order valence-electron chi connectivity index (χ1n) is 3.97. The Kier molecular flexibility index (Phi) is 3.93. The third-order valence-corrected chi connectivity index (χ3v) is 1.69. The summed E-state index contributed by atoms with van der Waals surface area (Å²) in [7, 11) is 0. The van der Waals surface area contributed by atoms with Gasteiger partial charge in [0, 0.05) is 18.1 Å². The maximum absolute atomic E-state index is 12.5. The minimum absolute atomic E-state index is 0.217. The molecule has 0 saturated carbocycles. The van der Waals surface area contributed by atoms with Gasteiger partial charge in [-0.25, -0.2) is 4.39 Å². The van der Waals surface area contributed by atoms with Crippen LogP contribution < -0.4 is 5.32 Å². The molecule has 0 amide bonds. The van der Waals surface area contributed by atoms with Gasteiger partial charge in [0.05, 0.1) is 0 Å². The Balaban J connectivity index is 2.37. The summed E-state index contributed by atoms with van der Waals surface area (Å²) in [6, 6.07) is 6.34. The Morgan fingerprint density at radius 3 is 2.54 bits per heavy atom. The van der Waals surface area contributed by atoms with Crippen LogP contribution in [0.1, 0.15) is 5.56 Å². The van der Waals surface area contributed by atoms with Crippen molar-refractivity contribution in [2.45, 2.75) is 6.54 Å². The van der Waals surface area contributed by atoms with E-state index in [1.54, 1.807) is 12.1 Å². The summed E-state index contributed by atoms with van der Waals surface area (Å²) in [6.45, 7) is 4.78. The molecule has 3 heteroatoms. The van der Waals surface area contributed by atoms with Gasteiger partial charge in [0.15, 0.2) is 0 Å². The molecule has 0 aliphatic rings. The van der Waals surface area contributed by atoms with E-state index in [0.29, 0.717) is 18.1 Å². The zero-order valence-corrected chi connectivity index (χ0v) is 7.94. The van der Waals surface area contributed by atoms with Gasteiger partial charge in [-0.15, -0.1) is 0 Å². The van der Waals surface area contributed by atoms with E-state index >= 15 is 0 Å². The monoisotopic (exact) mass is 199 g/mol. The minimum Gasteiger partial charge on any atom is -0.308 e. The van der Waals surface area contributed by atoms with Gasteiger partial charge in [0.2, 0.25) is 0 Å². The first-order valence-corrected chi connectivity index (χ1v) is 4.35. The van der Waals surface area contributed by atoms with E-state index in [1.165, 1.54) is 12.1 Å². The number of nitrogens with one attached hydrogen (secondary N) is 1. The number of hydrogen-bond acceptors (Lipinski definition) is 1. The molecule has 0 atom stereocenters. The highest BCUT2D eigenvalue weighted by atomic mass is 35.5. The average molecular weight is 200 g/mol. The topological polar surface area (TPSA) is 12.0 Å². The van der Waals surface area contributed by atoms with Gasteiger partial charge in [-0.2, -0.15) is 0 Å². The smallest absolute Gasteiger partial charge is 0.123 e. The average Bonchev–Trinajstić information content (AvgIpc) is 2.08. The predicted molar refractivity (Wildman–Crippen MR) is 53.1 cm³/mol. The highest BCUT2D eigenvalue weighted by Crippen LogP contribution is 2.02. The van der Waals surface area contributed by atoms with Crippen LogP contribution in [-0.2, 0) is 6.54 Å². The molecule has 0 unspecified atom stereocenters. The first kappa shape index (κ1) is 10.2. The lowest BCUT2D eigenvalue weighted by Crippen LogP contribution is -2.14.